The third-order valence-corrected chi connectivity index (χ3v) is 5.44. The summed E-state index contributed by atoms with van der Waals surface area (Å²) >= 11 is 0. The summed E-state index contributed by atoms with van der Waals surface area (Å²) in [5.41, 5.74) is 1.53. The van der Waals surface area contributed by atoms with Gasteiger partial charge >= 0.3 is 12.0 Å². The maximum Gasteiger partial charge on any atom is 0.333 e. The van der Waals surface area contributed by atoms with Gasteiger partial charge in [0.25, 0.3) is 0 Å². The summed E-state index contributed by atoms with van der Waals surface area (Å²) in [4.78, 5) is 26.0. The first-order valence-electron chi connectivity index (χ1n) is 12.1. The number of anilines is 1. The number of carboxylic acids is 1. The van der Waals surface area contributed by atoms with Gasteiger partial charge in [-0.25, -0.2) is 9.59 Å². The number of carbonyl (C=O) groups excluding carboxylic acids is 1. The smallest absolute Gasteiger partial charge is 0.333 e. The Bertz CT molecular complexity index is 916. The zero-order valence-corrected chi connectivity index (χ0v) is 21.2. The Balaban J connectivity index is 1.93. The van der Waals surface area contributed by atoms with E-state index in [0.29, 0.717) is 49.4 Å². The van der Waals surface area contributed by atoms with Gasteiger partial charge in [-0.05, 0) is 55.5 Å². The van der Waals surface area contributed by atoms with Gasteiger partial charge in [0.1, 0.15) is 18.1 Å². The molecular formula is C27H38N2O6. The molecule has 0 saturated carbocycles. The molecule has 0 aromatic heterocycles. The van der Waals surface area contributed by atoms with Crippen molar-refractivity contribution in [3.05, 3.63) is 54.1 Å². The molecule has 2 rings (SSSR count). The van der Waals surface area contributed by atoms with Crippen molar-refractivity contribution in [2.75, 3.05) is 38.7 Å². The van der Waals surface area contributed by atoms with Crippen LogP contribution in [-0.2, 0) is 16.0 Å². The zero-order chi connectivity index (χ0) is 25.6. The quantitative estimate of drug-likeness (QED) is 0.365. The number of urea groups is 1. The van der Waals surface area contributed by atoms with E-state index in [1.807, 2.05) is 30.3 Å². The number of carbonyl (C=O) groups is 2. The van der Waals surface area contributed by atoms with Crippen molar-refractivity contribution in [3.8, 4) is 11.5 Å². The number of benzene rings is 2. The summed E-state index contributed by atoms with van der Waals surface area (Å²) in [5.74, 6) is 0.928. The molecule has 2 amide bonds. The standard InChI is InChI=1S/C27H38N2O6/c1-5-34-25(26(30)31)18-21-11-13-23(14-12-21)35-17-16-29(15-7-8-20(2)3)27(32)28-22-9-6-10-24(19-22)33-4/h6,9-14,19-20,25H,5,7-8,15-18H2,1-4H3,(H,28,32)(H,30,31). The van der Waals surface area contributed by atoms with Gasteiger partial charge in [-0.15, -0.1) is 0 Å². The summed E-state index contributed by atoms with van der Waals surface area (Å²) in [6.07, 6.45) is 1.36. The largest absolute Gasteiger partial charge is 0.497 e. The molecule has 0 saturated heterocycles. The van der Waals surface area contributed by atoms with Crippen LogP contribution in [-0.4, -0.2) is 61.5 Å². The van der Waals surface area contributed by atoms with Crippen molar-refractivity contribution in [2.45, 2.75) is 46.1 Å². The Morgan fingerprint density at radius 3 is 2.43 bits per heavy atom. The maximum absolute atomic E-state index is 12.9. The van der Waals surface area contributed by atoms with Crippen LogP contribution in [0.5, 0.6) is 11.5 Å². The predicted octanol–water partition coefficient (Wildman–Crippen LogP) is 5.08. The van der Waals surface area contributed by atoms with Gasteiger partial charge in [-0.3, -0.25) is 0 Å². The summed E-state index contributed by atoms with van der Waals surface area (Å²) in [6, 6.07) is 14.4. The van der Waals surface area contributed by atoms with E-state index >= 15 is 0 Å². The van der Waals surface area contributed by atoms with Crippen LogP contribution in [0.15, 0.2) is 48.5 Å². The fraction of sp³-hybridized carbons (Fsp3) is 0.481. The lowest BCUT2D eigenvalue weighted by Crippen LogP contribution is -2.38. The molecule has 2 aromatic rings. The van der Waals surface area contributed by atoms with E-state index in [2.05, 4.69) is 19.2 Å². The van der Waals surface area contributed by atoms with E-state index in [-0.39, 0.29) is 12.5 Å². The summed E-state index contributed by atoms with van der Waals surface area (Å²) in [7, 11) is 1.59. The van der Waals surface area contributed by atoms with Gasteiger partial charge < -0.3 is 29.5 Å². The number of methoxy groups -OCH3 is 1. The van der Waals surface area contributed by atoms with Crippen molar-refractivity contribution >= 4 is 17.7 Å². The highest BCUT2D eigenvalue weighted by molar-refractivity contribution is 5.89. The first kappa shape index (κ1) is 28.0. The van der Waals surface area contributed by atoms with E-state index in [9.17, 15) is 14.7 Å². The van der Waals surface area contributed by atoms with Gasteiger partial charge in [-0.2, -0.15) is 0 Å². The lowest BCUT2D eigenvalue weighted by Gasteiger charge is -2.24. The molecule has 0 aliphatic heterocycles. The van der Waals surface area contributed by atoms with Gasteiger partial charge in [0.05, 0.1) is 13.7 Å². The Hall–Kier alpha value is -3.26. The Morgan fingerprint density at radius 2 is 1.80 bits per heavy atom. The second kappa shape index (κ2) is 14.9. The average Bonchev–Trinajstić information content (AvgIpc) is 2.83. The molecule has 0 bridgehead atoms. The minimum atomic E-state index is -0.975. The number of hydrogen-bond acceptors (Lipinski definition) is 5. The topological polar surface area (TPSA) is 97.3 Å². The number of amides is 2. The number of hydrogen-bond donors (Lipinski definition) is 2. The predicted molar refractivity (Wildman–Crippen MR) is 136 cm³/mol. The van der Waals surface area contributed by atoms with E-state index in [1.54, 1.807) is 37.1 Å². The molecule has 35 heavy (non-hydrogen) atoms. The van der Waals surface area contributed by atoms with E-state index < -0.39 is 12.1 Å². The third kappa shape index (κ3) is 10.3. The van der Waals surface area contributed by atoms with Crippen LogP contribution in [0.2, 0.25) is 0 Å². The molecular weight excluding hydrogens is 448 g/mol. The molecule has 192 valence electrons. The van der Waals surface area contributed by atoms with Gasteiger partial charge in [-0.1, -0.05) is 32.0 Å². The molecule has 0 aliphatic carbocycles. The van der Waals surface area contributed by atoms with Crippen molar-refractivity contribution in [1.82, 2.24) is 4.90 Å². The summed E-state index contributed by atoms with van der Waals surface area (Å²) in [5, 5.41) is 12.2. The third-order valence-electron chi connectivity index (χ3n) is 5.44. The fourth-order valence-electron chi connectivity index (χ4n) is 3.54. The first-order valence-corrected chi connectivity index (χ1v) is 12.1. The van der Waals surface area contributed by atoms with Crippen molar-refractivity contribution in [2.24, 2.45) is 5.92 Å². The van der Waals surface area contributed by atoms with Crippen molar-refractivity contribution in [1.29, 1.82) is 0 Å². The highest BCUT2D eigenvalue weighted by atomic mass is 16.5. The summed E-state index contributed by atoms with van der Waals surface area (Å²) < 4.78 is 16.4. The van der Waals surface area contributed by atoms with Crippen LogP contribution in [0.1, 0.15) is 39.2 Å². The van der Waals surface area contributed by atoms with Crippen molar-refractivity contribution < 1.29 is 28.9 Å². The van der Waals surface area contributed by atoms with E-state index in [0.717, 1.165) is 18.4 Å². The number of rotatable bonds is 15. The molecule has 1 unspecified atom stereocenters. The minimum Gasteiger partial charge on any atom is -0.497 e. The van der Waals surface area contributed by atoms with Crippen LogP contribution in [0.4, 0.5) is 10.5 Å². The number of ether oxygens (including phenoxy) is 3. The molecule has 0 radical (unpaired) electrons. The fourth-order valence-corrected chi connectivity index (χ4v) is 3.54. The van der Waals surface area contributed by atoms with Crippen LogP contribution in [0, 0.1) is 5.92 Å². The Morgan fingerprint density at radius 1 is 1.06 bits per heavy atom. The molecule has 1 atom stereocenters. The lowest BCUT2D eigenvalue weighted by atomic mass is 10.1. The molecule has 0 spiro atoms. The van der Waals surface area contributed by atoms with Crippen LogP contribution in [0.25, 0.3) is 0 Å². The molecule has 2 aromatic carbocycles. The molecule has 8 nitrogen and oxygen atoms in total. The Kier molecular flexibility index (Phi) is 11.9. The number of carboxylic acid groups (broad SMARTS) is 1. The first-order chi connectivity index (χ1) is 16.8. The average molecular weight is 487 g/mol. The normalized spacial score (nSPS) is 11.7. The summed E-state index contributed by atoms with van der Waals surface area (Å²) in [6.45, 7) is 7.85. The monoisotopic (exact) mass is 486 g/mol. The van der Waals surface area contributed by atoms with E-state index in [4.69, 9.17) is 14.2 Å². The number of nitrogens with zero attached hydrogens (tertiary/aromatic N) is 1. The molecule has 2 N–H and O–H groups in total. The minimum absolute atomic E-state index is 0.184. The molecule has 0 fully saturated rings. The van der Waals surface area contributed by atoms with Crippen LogP contribution in [0.3, 0.4) is 0 Å². The molecule has 0 heterocycles. The zero-order valence-electron chi connectivity index (χ0n) is 21.2. The number of nitrogens with one attached hydrogen (secondary N) is 1. The number of aliphatic carboxylic acids is 1. The highest BCUT2D eigenvalue weighted by Gasteiger charge is 2.18. The maximum atomic E-state index is 12.9. The highest BCUT2D eigenvalue weighted by Crippen LogP contribution is 2.18. The van der Waals surface area contributed by atoms with Crippen LogP contribution < -0.4 is 14.8 Å². The van der Waals surface area contributed by atoms with Gasteiger partial charge in [0.2, 0.25) is 0 Å². The second-order valence-electron chi connectivity index (χ2n) is 8.66. The molecule has 8 heteroatoms. The second-order valence-corrected chi connectivity index (χ2v) is 8.66. The van der Waals surface area contributed by atoms with Crippen LogP contribution >= 0.6 is 0 Å². The van der Waals surface area contributed by atoms with Crippen molar-refractivity contribution in [3.63, 3.8) is 0 Å². The van der Waals surface area contributed by atoms with Gasteiger partial charge in [0, 0.05) is 31.3 Å². The van der Waals surface area contributed by atoms with Gasteiger partial charge in [0.15, 0.2) is 6.10 Å². The lowest BCUT2D eigenvalue weighted by molar-refractivity contribution is -0.149. The van der Waals surface area contributed by atoms with E-state index in [1.165, 1.54) is 0 Å². The Labute approximate surface area is 208 Å². The molecule has 0 aliphatic rings. The SMILES string of the molecule is CCOC(Cc1ccc(OCCN(CCCC(C)C)C(=O)Nc2cccc(OC)c2)cc1)C(=O)O.